The average Bonchev–Trinajstić information content (AvgIpc) is 2.67. The third kappa shape index (κ3) is 2.30. The van der Waals surface area contributed by atoms with E-state index in [-0.39, 0.29) is 31.0 Å². The van der Waals surface area contributed by atoms with Crippen LogP contribution in [0.2, 0.25) is 0 Å². The fourth-order valence-corrected chi connectivity index (χ4v) is 1.48. The van der Waals surface area contributed by atoms with Crippen LogP contribution in [0.15, 0.2) is 11.4 Å². The summed E-state index contributed by atoms with van der Waals surface area (Å²) in [5, 5.41) is 17.6. The van der Waals surface area contributed by atoms with Crippen molar-refractivity contribution in [1.29, 1.82) is 0 Å². The molecule has 0 bridgehead atoms. The lowest BCUT2D eigenvalue weighted by atomic mass is 10.2. The van der Waals surface area contributed by atoms with Crippen LogP contribution in [0, 0.1) is 0 Å². The summed E-state index contributed by atoms with van der Waals surface area (Å²) in [6.07, 6.45) is 1.69. The molecule has 0 saturated carbocycles. The zero-order valence-corrected chi connectivity index (χ0v) is 9.20. The maximum atomic E-state index is 11.6. The summed E-state index contributed by atoms with van der Waals surface area (Å²) in [6.45, 7) is 0.131. The van der Waals surface area contributed by atoms with Crippen LogP contribution >= 0.6 is 0 Å². The van der Waals surface area contributed by atoms with Crippen molar-refractivity contribution in [3.8, 4) is 0 Å². The van der Waals surface area contributed by atoms with Gasteiger partial charge in [-0.05, 0) is 0 Å². The minimum absolute atomic E-state index is 0.00762. The summed E-state index contributed by atoms with van der Waals surface area (Å²) in [4.78, 5) is 26.3. The minimum atomic E-state index is -1.10. The summed E-state index contributed by atoms with van der Waals surface area (Å²) in [5.74, 6) is -0.757. The lowest BCUT2D eigenvalue weighted by Gasteiger charge is -2.21. The molecule has 1 N–H and O–H groups in total. The van der Waals surface area contributed by atoms with Gasteiger partial charge in [0.2, 0.25) is 5.91 Å². The number of carboxylic acid groups (broad SMARTS) is 1. The van der Waals surface area contributed by atoms with Crippen LogP contribution in [0.1, 0.15) is 18.7 Å². The van der Waals surface area contributed by atoms with Crippen molar-refractivity contribution in [1.82, 2.24) is 19.8 Å². The van der Waals surface area contributed by atoms with E-state index in [2.05, 4.69) is 15.2 Å². The van der Waals surface area contributed by atoms with Crippen LogP contribution in [0.5, 0.6) is 0 Å². The van der Waals surface area contributed by atoms with Gasteiger partial charge in [0.05, 0.1) is 0 Å². The molecule has 90 valence electrons. The molecule has 0 saturated heterocycles. The van der Waals surface area contributed by atoms with Gasteiger partial charge in [-0.3, -0.25) is 9.48 Å². The number of hydrazone groups is 1. The normalized spacial score (nSPS) is 15.9. The number of aryl methyl sites for hydroxylation is 1. The molecule has 2 rings (SSSR count). The van der Waals surface area contributed by atoms with Crippen molar-refractivity contribution >= 4 is 17.6 Å². The van der Waals surface area contributed by atoms with Gasteiger partial charge in [0, 0.05) is 19.9 Å². The number of rotatable bonds is 3. The van der Waals surface area contributed by atoms with E-state index in [9.17, 15) is 9.59 Å². The van der Waals surface area contributed by atoms with Crippen molar-refractivity contribution in [3.05, 3.63) is 12.2 Å². The Morgan fingerprint density at radius 3 is 2.88 bits per heavy atom. The molecule has 0 radical (unpaired) electrons. The Bertz CT molecular complexity index is 493. The summed E-state index contributed by atoms with van der Waals surface area (Å²) >= 11 is 0. The molecule has 0 spiro atoms. The van der Waals surface area contributed by atoms with E-state index >= 15 is 0 Å². The summed E-state index contributed by atoms with van der Waals surface area (Å²) in [6, 6.07) is 0. The first-order valence-electron chi connectivity index (χ1n) is 5.02. The number of amides is 1. The Balaban J connectivity index is 2.19. The van der Waals surface area contributed by atoms with E-state index in [1.54, 1.807) is 7.05 Å². The monoisotopic (exact) mass is 237 g/mol. The first-order valence-corrected chi connectivity index (χ1v) is 5.02. The van der Waals surface area contributed by atoms with Crippen molar-refractivity contribution in [2.75, 3.05) is 0 Å². The quantitative estimate of drug-likeness (QED) is 0.754. The van der Waals surface area contributed by atoms with Crippen LogP contribution in [-0.2, 0) is 23.2 Å². The maximum absolute atomic E-state index is 11.6. The fourth-order valence-electron chi connectivity index (χ4n) is 1.48. The Morgan fingerprint density at radius 1 is 1.53 bits per heavy atom. The van der Waals surface area contributed by atoms with Crippen LogP contribution in [0.3, 0.4) is 0 Å². The van der Waals surface area contributed by atoms with E-state index in [4.69, 9.17) is 5.11 Å². The van der Waals surface area contributed by atoms with E-state index in [1.165, 1.54) is 11.0 Å². The van der Waals surface area contributed by atoms with Gasteiger partial charge in [0.25, 0.3) is 0 Å². The number of nitrogens with zero attached hydrogens (tertiary/aromatic N) is 5. The molecule has 1 aromatic rings. The molecule has 0 atom stereocenters. The largest absolute Gasteiger partial charge is 0.477 e. The molecule has 17 heavy (non-hydrogen) atoms. The first-order chi connectivity index (χ1) is 8.08. The minimum Gasteiger partial charge on any atom is -0.477 e. The Labute approximate surface area is 96.5 Å². The van der Waals surface area contributed by atoms with Crippen molar-refractivity contribution in [3.63, 3.8) is 0 Å². The molecule has 0 aromatic carbocycles. The Kier molecular flexibility index (Phi) is 2.86. The number of aliphatic carboxylic acids is 1. The number of carboxylic acids is 1. The molecule has 1 aliphatic heterocycles. The standard InChI is InChI=1S/C9H11N5O3/c1-13-7(10-5-11-13)4-14-8(15)3-2-6(12-14)9(16)17/h5H,2-4H2,1H3,(H,16,17). The Hall–Kier alpha value is -2.25. The smallest absolute Gasteiger partial charge is 0.352 e. The molecule has 1 aliphatic rings. The molecule has 1 amide bonds. The van der Waals surface area contributed by atoms with Gasteiger partial charge >= 0.3 is 5.97 Å². The van der Waals surface area contributed by atoms with E-state index in [1.807, 2.05) is 0 Å². The molecule has 0 aliphatic carbocycles. The number of aromatic nitrogens is 3. The predicted molar refractivity (Wildman–Crippen MR) is 55.9 cm³/mol. The van der Waals surface area contributed by atoms with Gasteiger partial charge in [-0.2, -0.15) is 10.2 Å². The van der Waals surface area contributed by atoms with Gasteiger partial charge < -0.3 is 5.11 Å². The molecule has 1 aromatic heterocycles. The molecular weight excluding hydrogens is 226 g/mol. The van der Waals surface area contributed by atoms with Gasteiger partial charge in [-0.15, -0.1) is 0 Å². The van der Waals surface area contributed by atoms with Gasteiger partial charge in [-0.1, -0.05) is 0 Å². The van der Waals surface area contributed by atoms with E-state index in [0.717, 1.165) is 5.01 Å². The Morgan fingerprint density at radius 2 is 2.29 bits per heavy atom. The van der Waals surface area contributed by atoms with E-state index < -0.39 is 5.97 Å². The molecule has 8 nitrogen and oxygen atoms in total. The van der Waals surface area contributed by atoms with Crippen LogP contribution in [-0.4, -0.2) is 42.5 Å². The summed E-state index contributed by atoms with van der Waals surface area (Å²) in [7, 11) is 1.69. The topological polar surface area (TPSA) is 101 Å². The maximum Gasteiger partial charge on any atom is 0.352 e. The number of hydrogen-bond donors (Lipinski definition) is 1. The molecule has 0 unspecified atom stereocenters. The van der Waals surface area contributed by atoms with Gasteiger partial charge in [0.1, 0.15) is 24.4 Å². The van der Waals surface area contributed by atoms with Gasteiger partial charge in [-0.25, -0.2) is 14.8 Å². The molecule has 0 fully saturated rings. The second-order valence-corrected chi connectivity index (χ2v) is 3.60. The van der Waals surface area contributed by atoms with E-state index in [0.29, 0.717) is 5.82 Å². The zero-order valence-electron chi connectivity index (χ0n) is 9.20. The number of carbonyl (C=O) groups excluding carboxylic acids is 1. The summed E-state index contributed by atoms with van der Waals surface area (Å²) in [5.41, 5.74) is -0.00762. The zero-order chi connectivity index (χ0) is 12.4. The lowest BCUT2D eigenvalue weighted by molar-refractivity contribution is -0.133. The highest BCUT2D eigenvalue weighted by atomic mass is 16.4. The first kappa shape index (κ1) is 11.2. The second kappa shape index (κ2) is 4.32. The van der Waals surface area contributed by atoms with Crippen molar-refractivity contribution in [2.24, 2.45) is 12.1 Å². The van der Waals surface area contributed by atoms with Crippen molar-refractivity contribution < 1.29 is 14.7 Å². The molecular formula is C9H11N5O3. The van der Waals surface area contributed by atoms with Crippen LogP contribution in [0.4, 0.5) is 0 Å². The molecule has 8 heteroatoms. The lowest BCUT2D eigenvalue weighted by Crippen LogP contribution is -2.34. The molecule has 2 heterocycles. The van der Waals surface area contributed by atoms with Crippen LogP contribution in [0.25, 0.3) is 0 Å². The fraction of sp³-hybridized carbons (Fsp3) is 0.444. The highest BCUT2D eigenvalue weighted by Crippen LogP contribution is 2.12. The van der Waals surface area contributed by atoms with Gasteiger partial charge in [0.15, 0.2) is 0 Å². The SMILES string of the molecule is Cn1ncnc1CN1N=C(C(=O)O)CCC1=O. The third-order valence-corrected chi connectivity index (χ3v) is 2.45. The second-order valence-electron chi connectivity index (χ2n) is 3.60. The highest BCUT2D eigenvalue weighted by Gasteiger charge is 2.25. The van der Waals surface area contributed by atoms with Crippen LogP contribution < -0.4 is 0 Å². The average molecular weight is 237 g/mol. The highest BCUT2D eigenvalue weighted by molar-refractivity contribution is 6.36. The number of carbonyl (C=O) groups is 2. The summed E-state index contributed by atoms with van der Waals surface area (Å²) < 4.78 is 1.51. The predicted octanol–water partition coefficient (Wildman–Crippen LogP) is -0.622. The number of hydrogen-bond acceptors (Lipinski definition) is 5. The third-order valence-electron chi connectivity index (χ3n) is 2.45. The van der Waals surface area contributed by atoms with Crippen molar-refractivity contribution in [2.45, 2.75) is 19.4 Å².